The van der Waals surface area contributed by atoms with Crippen LogP contribution in [0.3, 0.4) is 0 Å². The average molecular weight is 543 g/mol. The molecule has 0 atom stereocenters. The second kappa shape index (κ2) is 9.52. The van der Waals surface area contributed by atoms with Crippen molar-refractivity contribution in [3.63, 3.8) is 0 Å². The molecule has 0 heterocycles. The van der Waals surface area contributed by atoms with Crippen LogP contribution in [0.4, 0.5) is 45.2 Å². The molecule has 0 aromatic heterocycles. The quantitative estimate of drug-likeness (QED) is 0.255. The molecule has 1 N–H and O–H groups in total. The maximum Gasteiger partial charge on any atom is 0.516 e. The van der Waals surface area contributed by atoms with Gasteiger partial charge < -0.3 is 4.84 Å². The van der Waals surface area contributed by atoms with Crippen LogP contribution in [0.2, 0.25) is 5.02 Å². The van der Waals surface area contributed by atoms with Crippen molar-refractivity contribution in [2.75, 3.05) is 4.72 Å². The van der Waals surface area contributed by atoms with Crippen LogP contribution in [0.25, 0.3) is 0 Å². The molecule has 0 unspecified atom stereocenters. The molecule has 0 aliphatic carbocycles. The third-order valence-electron chi connectivity index (χ3n) is 4.00. The largest absolute Gasteiger partial charge is 0.516 e. The Hall–Kier alpha value is -2.68. The fourth-order valence-corrected chi connectivity index (χ4v) is 3.22. The zero-order chi connectivity index (χ0) is 26.1. The van der Waals surface area contributed by atoms with E-state index in [1.807, 2.05) is 0 Å². The van der Waals surface area contributed by atoms with Gasteiger partial charge in [0, 0.05) is 10.6 Å². The van der Waals surface area contributed by atoms with Crippen molar-refractivity contribution in [3.8, 4) is 0 Å². The highest BCUT2D eigenvalue weighted by molar-refractivity contribution is 7.93. The molecule has 0 aliphatic rings. The third-order valence-corrected chi connectivity index (χ3v) is 5.33. The molecule has 0 radical (unpaired) electrons. The molecule has 34 heavy (non-hydrogen) atoms. The van der Waals surface area contributed by atoms with Gasteiger partial charge in [0.05, 0.1) is 22.5 Å². The van der Waals surface area contributed by atoms with Gasteiger partial charge >= 0.3 is 27.9 Å². The first-order valence-electron chi connectivity index (χ1n) is 8.65. The number of benzene rings is 2. The van der Waals surface area contributed by atoms with Crippen LogP contribution in [0, 0.1) is 0 Å². The maximum absolute atomic E-state index is 12.9. The molecule has 0 fully saturated rings. The summed E-state index contributed by atoms with van der Waals surface area (Å²) in [6, 6.07) is 3.70. The Labute approximate surface area is 191 Å². The summed E-state index contributed by atoms with van der Waals surface area (Å²) in [5, 5.41) is 3.40. The SMILES string of the molecule is C/C(=N\OCc1cc(C(F)(F)F)cc(C(F)(F)F)c1)c1cc(Cl)ccc1NS(=O)(=O)C(F)(F)F. The van der Waals surface area contributed by atoms with Gasteiger partial charge in [0.1, 0.15) is 6.61 Å². The first kappa shape index (κ1) is 27.6. The van der Waals surface area contributed by atoms with Gasteiger partial charge in [0.25, 0.3) is 0 Å². The average Bonchev–Trinajstić information content (AvgIpc) is 2.66. The minimum Gasteiger partial charge on any atom is -0.391 e. The Kier molecular flexibility index (Phi) is 7.72. The fourth-order valence-electron chi connectivity index (χ4n) is 2.46. The normalized spacial score (nSPS) is 13.7. The predicted octanol–water partition coefficient (Wildman–Crippen LogP) is 6.58. The molecular weight excluding hydrogens is 531 g/mol. The van der Waals surface area contributed by atoms with Crippen LogP contribution in [0.1, 0.15) is 29.2 Å². The number of alkyl halides is 9. The Morgan fingerprint density at radius 2 is 1.47 bits per heavy atom. The maximum atomic E-state index is 12.9. The molecule has 5 nitrogen and oxygen atoms in total. The van der Waals surface area contributed by atoms with Crippen molar-refractivity contribution >= 4 is 33.0 Å². The summed E-state index contributed by atoms with van der Waals surface area (Å²) >= 11 is 5.76. The lowest BCUT2D eigenvalue weighted by molar-refractivity contribution is -0.143. The number of sulfonamides is 1. The van der Waals surface area contributed by atoms with Gasteiger partial charge in [-0.1, -0.05) is 16.8 Å². The summed E-state index contributed by atoms with van der Waals surface area (Å²) in [5.74, 6) is 0. The first-order chi connectivity index (χ1) is 15.3. The Bertz CT molecular complexity index is 1160. The second-order valence-electron chi connectivity index (χ2n) is 6.61. The predicted molar refractivity (Wildman–Crippen MR) is 103 cm³/mol. The van der Waals surface area contributed by atoms with E-state index in [1.54, 1.807) is 0 Å². The zero-order valence-electron chi connectivity index (χ0n) is 16.5. The van der Waals surface area contributed by atoms with Crippen LogP contribution < -0.4 is 4.72 Å². The molecule has 0 saturated heterocycles. The zero-order valence-corrected chi connectivity index (χ0v) is 18.1. The van der Waals surface area contributed by atoms with E-state index in [0.717, 1.165) is 25.1 Å². The minimum absolute atomic E-state index is 0.0489. The smallest absolute Gasteiger partial charge is 0.391 e. The summed E-state index contributed by atoms with van der Waals surface area (Å²) in [6.07, 6.45) is -10.2. The Balaban J connectivity index is 2.34. The Morgan fingerprint density at radius 1 is 0.941 bits per heavy atom. The van der Waals surface area contributed by atoms with Gasteiger partial charge in [-0.15, -0.1) is 0 Å². The lowest BCUT2D eigenvalue weighted by Crippen LogP contribution is -2.30. The van der Waals surface area contributed by atoms with Crippen LogP contribution in [-0.2, 0) is 33.8 Å². The van der Waals surface area contributed by atoms with Gasteiger partial charge in [-0.05, 0) is 48.9 Å². The topological polar surface area (TPSA) is 67.8 Å². The summed E-state index contributed by atoms with van der Waals surface area (Å²) in [7, 11) is -5.82. The highest BCUT2D eigenvalue weighted by Gasteiger charge is 2.46. The lowest BCUT2D eigenvalue weighted by atomic mass is 10.1. The summed E-state index contributed by atoms with van der Waals surface area (Å²) in [5.41, 5.74) is -10.6. The van der Waals surface area contributed by atoms with Crippen molar-refractivity contribution in [2.45, 2.75) is 31.4 Å². The van der Waals surface area contributed by atoms with Gasteiger partial charge in [-0.2, -0.15) is 47.9 Å². The first-order valence-corrected chi connectivity index (χ1v) is 10.5. The van der Waals surface area contributed by atoms with Crippen molar-refractivity contribution in [1.29, 1.82) is 0 Å². The third kappa shape index (κ3) is 6.91. The molecule has 0 bridgehead atoms. The van der Waals surface area contributed by atoms with Crippen molar-refractivity contribution < 1.29 is 52.8 Å². The number of anilines is 1. The molecule has 2 rings (SSSR count). The van der Waals surface area contributed by atoms with E-state index in [1.165, 1.54) is 4.72 Å². The van der Waals surface area contributed by atoms with E-state index in [-0.39, 0.29) is 22.4 Å². The number of oxime groups is 1. The molecular formula is C18H12ClF9N2O3S. The van der Waals surface area contributed by atoms with Crippen molar-refractivity contribution in [2.24, 2.45) is 5.16 Å². The number of rotatable bonds is 6. The van der Waals surface area contributed by atoms with Crippen LogP contribution in [-0.4, -0.2) is 19.6 Å². The summed E-state index contributed by atoms with van der Waals surface area (Å²) < 4.78 is 140. The van der Waals surface area contributed by atoms with Crippen molar-refractivity contribution in [1.82, 2.24) is 0 Å². The number of nitrogens with zero attached hydrogens (tertiary/aromatic N) is 1. The molecule has 0 amide bonds. The van der Waals surface area contributed by atoms with E-state index in [2.05, 4.69) is 5.16 Å². The standard InChI is InChI=1S/C18H12ClF9N2O3S/c1-9(14-7-13(19)2-3-15(14)30-34(31,32)18(26,27)28)29-33-8-10-4-11(16(20,21)22)6-12(5-10)17(23,24)25/h2-7,30H,8H2,1H3/b29-9+. The molecule has 0 aliphatic heterocycles. The molecule has 0 spiro atoms. The van der Waals surface area contributed by atoms with Gasteiger partial charge in [0.15, 0.2) is 0 Å². The van der Waals surface area contributed by atoms with Crippen LogP contribution in [0.15, 0.2) is 41.6 Å². The summed E-state index contributed by atoms with van der Waals surface area (Å²) in [6.45, 7) is 0.249. The van der Waals surface area contributed by atoms with Crippen LogP contribution >= 0.6 is 11.6 Å². The summed E-state index contributed by atoms with van der Waals surface area (Å²) in [4.78, 5) is 4.77. The molecule has 0 saturated carbocycles. The molecule has 16 heteroatoms. The molecule has 2 aromatic carbocycles. The Morgan fingerprint density at radius 3 is 1.94 bits per heavy atom. The lowest BCUT2D eigenvalue weighted by Gasteiger charge is -2.15. The molecule has 188 valence electrons. The minimum atomic E-state index is -5.82. The van der Waals surface area contributed by atoms with E-state index >= 15 is 0 Å². The van der Waals surface area contributed by atoms with Gasteiger partial charge in [-0.3, -0.25) is 4.72 Å². The fraction of sp³-hybridized carbons (Fsp3) is 0.278. The number of hydrogen-bond donors (Lipinski definition) is 1. The van der Waals surface area contributed by atoms with Gasteiger partial charge in [0.2, 0.25) is 0 Å². The highest BCUT2D eigenvalue weighted by Crippen LogP contribution is 2.36. The van der Waals surface area contributed by atoms with E-state index in [9.17, 15) is 47.9 Å². The number of hydrogen-bond acceptors (Lipinski definition) is 4. The van der Waals surface area contributed by atoms with E-state index < -0.39 is 56.9 Å². The van der Waals surface area contributed by atoms with Crippen LogP contribution in [0.5, 0.6) is 0 Å². The van der Waals surface area contributed by atoms with E-state index in [4.69, 9.17) is 16.4 Å². The number of halogens is 10. The number of nitrogens with one attached hydrogen (secondary N) is 1. The van der Waals surface area contributed by atoms with Gasteiger partial charge in [-0.25, -0.2) is 0 Å². The highest BCUT2D eigenvalue weighted by atomic mass is 35.5. The van der Waals surface area contributed by atoms with Crippen molar-refractivity contribution in [3.05, 3.63) is 63.7 Å². The van der Waals surface area contributed by atoms with E-state index in [0.29, 0.717) is 12.1 Å². The molecule has 2 aromatic rings. The monoisotopic (exact) mass is 542 g/mol. The second-order valence-corrected chi connectivity index (χ2v) is 8.72.